The Kier molecular flexibility index (Phi) is 11.3. The molecule has 0 atom stereocenters. The van der Waals surface area contributed by atoms with Gasteiger partial charge in [-0.05, 0) is 72.2 Å². The topological polar surface area (TPSA) is 0 Å². The van der Waals surface area contributed by atoms with E-state index in [2.05, 4.69) is 62.1 Å². The van der Waals surface area contributed by atoms with Crippen LogP contribution >= 0.6 is 0 Å². The second-order valence-electron chi connectivity index (χ2n) is 11.7. The van der Waals surface area contributed by atoms with E-state index in [1.165, 1.54) is 88.2 Å². The first kappa shape index (κ1) is 28.4. The minimum atomic E-state index is -0.208. The standard InChI is InChI=1S/C37H47F/c1-3-5-7-8-9-11-29-12-14-30(15-13-29)16-17-31-18-20-32(21-19-31)22-24-34-25-26-35-28-33(10-6-4-2)23-27-36(35)37(34)38/h18-21,23,25-30H,3-17H2,1-2H3. The summed E-state index contributed by atoms with van der Waals surface area (Å²) in [7, 11) is 0. The van der Waals surface area contributed by atoms with Crippen LogP contribution in [0.2, 0.25) is 0 Å². The zero-order valence-electron chi connectivity index (χ0n) is 23.8. The SMILES string of the molecule is CCCCCCCC1CCC(CCc2ccc(C#Cc3ccc4cc(CCCC)ccc4c3F)cc2)CC1. The van der Waals surface area contributed by atoms with Crippen LogP contribution in [0.5, 0.6) is 0 Å². The molecule has 4 rings (SSSR count). The zero-order valence-corrected chi connectivity index (χ0v) is 23.8. The highest BCUT2D eigenvalue weighted by molar-refractivity contribution is 5.85. The highest BCUT2D eigenvalue weighted by Crippen LogP contribution is 2.34. The van der Waals surface area contributed by atoms with Gasteiger partial charge in [0.15, 0.2) is 0 Å². The van der Waals surface area contributed by atoms with Gasteiger partial charge in [-0.15, -0.1) is 0 Å². The van der Waals surface area contributed by atoms with Gasteiger partial charge in [0.05, 0.1) is 5.56 Å². The van der Waals surface area contributed by atoms with E-state index >= 15 is 4.39 Å². The average Bonchev–Trinajstić information content (AvgIpc) is 2.95. The largest absolute Gasteiger partial charge is 0.205 e. The van der Waals surface area contributed by atoms with Crippen molar-refractivity contribution in [3.63, 3.8) is 0 Å². The molecule has 0 aliphatic heterocycles. The molecule has 0 saturated heterocycles. The summed E-state index contributed by atoms with van der Waals surface area (Å²) in [6.07, 6.45) is 20.1. The number of benzene rings is 3. The molecule has 1 heteroatoms. The molecule has 1 fully saturated rings. The third kappa shape index (κ3) is 8.46. The third-order valence-electron chi connectivity index (χ3n) is 8.66. The minimum Gasteiger partial charge on any atom is -0.205 e. The van der Waals surface area contributed by atoms with Gasteiger partial charge in [-0.25, -0.2) is 4.39 Å². The van der Waals surface area contributed by atoms with Crippen molar-refractivity contribution in [1.29, 1.82) is 0 Å². The molecule has 1 aliphatic rings. The summed E-state index contributed by atoms with van der Waals surface area (Å²) in [6, 6.07) is 18.5. The van der Waals surface area contributed by atoms with Crippen molar-refractivity contribution in [2.75, 3.05) is 0 Å². The van der Waals surface area contributed by atoms with E-state index in [4.69, 9.17) is 0 Å². The Morgan fingerprint density at radius 1 is 0.658 bits per heavy atom. The lowest BCUT2D eigenvalue weighted by Gasteiger charge is -2.28. The molecule has 202 valence electrons. The van der Waals surface area contributed by atoms with Crippen LogP contribution in [0.1, 0.15) is 120 Å². The lowest BCUT2D eigenvalue weighted by atomic mass is 9.77. The second kappa shape index (κ2) is 15.1. The lowest BCUT2D eigenvalue weighted by molar-refractivity contribution is 0.248. The molecule has 3 aromatic carbocycles. The van der Waals surface area contributed by atoms with E-state index < -0.39 is 0 Å². The van der Waals surface area contributed by atoms with E-state index in [9.17, 15) is 0 Å². The summed E-state index contributed by atoms with van der Waals surface area (Å²) in [5.74, 6) is 7.93. The fourth-order valence-electron chi connectivity index (χ4n) is 6.08. The number of halogens is 1. The summed E-state index contributed by atoms with van der Waals surface area (Å²) in [5.41, 5.74) is 4.09. The minimum absolute atomic E-state index is 0.208. The van der Waals surface area contributed by atoms with Crippen molar-refractivity contribution in [3.8, 4) is 11.8 Å². The fraction of sp³-hybridized carbons (Fsp3) is 0.514. The maximum atomic E-state index is 15.1. The first-order valence-electron chi connectivity index (χ1n) is 15.5. The number of unbranched alkanes of at least 4 members (excludes halogenated alkanes) is 5. The maximum absolute atomic E-state index is 15.1. The van der Waals surface area contributed by atoms with Gasteiger partial charge < -0.3 is 0 Å². The fourth-order valence-corrected chi connectivity index (χ4v) is 6.08. The van der Waals surface area contributed by atoms with Crippen molar-refractivity contribution in [2.45, 2.75) is 110 Å². The maximum Gasteiger partial charge on any atom is 0.146 e. The van der Waals surface area contributed by atoms with Gasteiger partial charge in [-0.1, -0.05) is 133 Å². The predicted molar refractivity (Wildman–Crippen MR) is 162 cm³/mol. The van der Waals surface area contributed by atoms with E-state index in [1.54, 1.807) is 0 Å². The highest BCUT2D eigenvalue weighted by Gasteiger charge is 2.20. The third-order valence-corrected chi connectivity index (χ3v) is 8.66. The van der Waals surface area contributed by atoms with Crippen molar-refractivity contribution >= 4 is 10.8 Å². The van der Waals surface area contributed by atoms with Crippen LogP contribution in [0.15, 0.2) is 54.6 Å². The van der Waals surface area contributed by atoms with E-state index in [-0.39, 0.29) is 5.82 Å². The molecule has 0 radical (unpaired) electrons. The number of hydrogen-bond donors (Lipinski definition) is 0. The van der Waals surface area contributed by atoms with Gasteiger partial charge in [0.1, 0.15) is 5.82 Å². The Balaban J connectivity index is 1.24. The first-order chi connectivity index (χ1) is 18.7. The molecule has 0 unspecified atom stereocenters. The molecule has 1 aliphatic carbocycles. The van der Waals surface area contributed by atoms with Gasteiger partial charge in [-0.2, -0.15) is 0 Å². The quantitative estimate of drug-likeness (QED) is 0.168. The highest BCUT2D eigenvalue weighted by atomic mass is 19.1. The summed E-state index contributed by atoms with van der Waals surface area (Å²) in [4.78, 5) is 0. The van der Waals surface area contributed by atoms with Crippen LogP contribution in [0.3, 0.4) is 0 Å². The van der Waals surface area contributed by atoms with Crippen LogP contribution < -0.4 is 0 Å². The molecule has 0 bridgehead atoms. The number of rotatable bonds is 12. The van der Waals surface area contributed by atoms with Crippen molar-refractivity contribution in [1.82, 2.24) is 0 Å². The Labute approximate surface area is 231 Å². The van der Waals surface area contributed by atoms with Gasteiger partial charge in [0.2, 0.25) is 0 Å². The van der Waals surface area contributed by atoms with Crippen LogP contribution in [-0.4, -0.2) is 0 Å². The molecule has 0 amide bonds. The van der Waals surface area contributed by atoms with Gasteiger partial charge in [0, 0.05) is 10.9 Å². The molecule has 38 heavy (non-hydrogen) atoms. The van der Waals surface area contributed by atoms with Gasteiger partial charge in [-0.3, -0.25) is 0 Å². The number of fused-ring (bicyclic) bond motifs is 1. The van der Waals surface area contributed by atoms with Crippen molar-refractivity contribution in [2.24, 2.45) is 11.8 Å². The van der Waals surface area contributed by atoms with Gasteiger partial charge >= 0.3 is 0 Å². The first-order valence-corrected chi connectivity index (χ1v) is 15.5. The Hall–Kier alpha value is -2.59. The summed E-state index contributed by atoms with van der Waals surface area (Å²) in [6.45, 7) is 4.49. The zero-order chi connectivity index (χ0) is 26.6. The van der Waals surface area contributed by atoms with Crippen LogP contribution in [0, 0.1) is 29.5 Å². The smallest absolute Gasteiger partial charge is 0.146 e. The molecular formula is C37H47F. The molecule has 0 heterocycles. The Morgan fingerprint density at radius 2 is 1.34 bits per heavy atom. The van der Waals surface area contributed by atoms with Crippen LogP contribution in [0.4, 0.5) is 4.39 Å². The number of aryl methyl sites for hydroxylation is 2. The summed E-state index contributed by atoms with van der Waals surface area (Å²) >= 11 is 0. The predicted octanol–water partition coefficient (Wildman–Crippen LogP) is 10.8. The molecule has 1 saturated carbocycles. The Bertz CT molecular complexity index is 1190. The van der Waals surface area contributed by atoms with E-state index in [0.717, 1.165) is 42.0 Å². The lowest BCUT2D eigenvalue weighted by Crippen LogP contribution is -2.15. The van der Waals surface area contributed by atoms with E-state index in [0.29, 0.717) is 10.9 Å². The van der Waals surface area contributed by atoms with Crippen LogP contribution in [-0.2, 0) is 12.8 Å². The molecule has 0 nitrogen and oxygen atoms in total. The molecule has 0 aromatic heterocycles. The summed E-state index contributed by atoms with van der Waals surface area (Å²) in [5, 5.41) is 1.62. The van der Waals surface area contributed by atoms with Crippen molar-refractivity contribution in [3.05, 3.63) is 82.7 Å². The normalized spacial score (nSPS) is 17.3. The monoisotopic (exact) mass is 510 g/mol. The van der Waals surface area contributed by atoms with Gasteiger partial charge in [0.25, 0.3) is 0 Å². The molecule has 3 aromatic rings. The summed E-state index contributed by atoms with van der Waals surface area (Å²) < 4.78 is 15.1. The van der Waals surface area contributed by atoms with Crippen molar-refractivity contribution < 1.29 is 4.39 Å². The molecule has 0 spiro atoms. The van der Waals surface area contributed by atoms with E-state index in [1.807, 2.05) is 18.2 Å². The van der Waals surface area contributed by atoms with Crippen LogP contribution in [0.25, 0.3) is 10.8 Å². The number of hydrogen-bond acceptors (Lipinski definition) is 0. The molecule has 0 N–H and O–H groups in total. The average molecular weight is 511 g/mol. The second-order valence-corrected chi connectivity index (χ2v) is 11.7. The Morgan fingerprint density at radius 3 is 2.08 bits per heavy atom. The molecular weight excluding hydrogens is 463 g/mol.